The predicted molar refractivity (Wildman–Crippen MR) is 49.8 cm³/mol. The van der Waals surface area contributed by atoms with Crippen LogP contribution in [0.2, 0.25) is 0 Å². The van der Waals surface area contributed by atoms with Gasteiger partial charge in [-0.25, -0.2) is 9.18 Å². The molecule has 0 fully saturated rings. The summed E-state index contributed by atoms with van der Waals surface area (Å²) >= 11 is 0. The van der Waals surface area contributed by atoms with Crippen molar-refractivity contribution >= 4 is 17.9 Å². The average molecular weight is 227 g/mol. The van der Waals surface area contributed by atoms with Crippen molar-refractivity contribution in [2.24, 2.45) is 0 Å². The van der Waals surface area contributed by atoms with Crippen molar-refractivity contribution in [2.45, 2.75) is 0 Å². The Morgan fingerprint density at radius 3 is 2.62 bits per heavy atom. The molecule has 0 aliphatic heterocycles. The molecule has 0 radical (unpaired) electrons. The molecule has 84 valence electrons. The van der Waals surface area contributed by atoms with E-state index < -0.39 is 33.5 Å². The summed E-state index contributed by atoms with van der Waals surface area (Å²) in [5, 5.41) is 10.6. The topological polar surface area (TPSA) is 86.5 Å². The van der Waals surface area contributed by atoms with Gasteiger partial charge in [0.05, 0.1) is 17.6 Å². The second kappa shape index (κ2) is 4.47. The highest BCUT2D eigenvalue weighted by Gasteiger charge is 2.27. The van der Waals surface area contributed by atoms with Crippen LogP contribution < -0.4 is 0 Å². The summed E-state index contributed by atoms with van der Waals surface area (Å²) < 4.78 is 17.4. The smallest absolute Gasteiger partial charge is 0.345 e. The number of methoxy groups -OCH3 is 1. The number of halogens is 1. The zero-order valence-corrected chi connectivity index (χ0v) is 8.10. The van der Waals surface area contributed by atoms with Crippen LogP contribution in [0.25, 0.3) is 0 Å². The van der Waals surface area contributed by atoms with E-state index in [1.165, 1.54) is 0 Å². The maximum Gasteiger partial charge on any atom is 0.345 e. The van der Waals surface area contributed by atoms with Crippen molar-refractivity contribution in [2.75, 3.05) is 7.11 Å². The van der Waals surface area contributed by atoms with Crippen molar-refractivity contribution in [1.82, 2.24) is 0 Å². The monoisotopic (exact) mass is 227 g/mol. The molecule has 0 aliphatic rings. The normalized spacial score (nSPS) is 9.62. The molecule has 1 aromatic carbocycles. The van der Waals surface area contributed by atoms with Gasteiger partial charge in [0.2, 0.25) is 0 Å². The molecule has 7 heteroatoms. The SMILES string of the molecule is COC(=O)c1c([N+](=O)[O-])ccc(F)c1C=O. The van der Waals surface area contributed by atoms with Gasteiger partial charge >= 0.3 is 5.97 Å². The average Bonchev–Trinajstić information content (AvgIpc) is 2.27. The highest BCUT2D eigenvalue weighted by molar-refractivity contribution is 6.02. The van der Waals surface area contributed by atoms with E-state index in [0.29, 0.717) is 0 Å². The highest BCUT2D eigenvalue weighted by Crippen LogP contribution is 2.24. The Bertz CT molecular complexity index is 471. The number of carbonyl (C=O) groups is 2. The second-order valence-corrected chi connectivity index (χ2v) is 2.72. The summed E-state index contributed by atoms with van der Waals surface area (Å²) in [5.41, 5.74) is -2.03. The summed E-state index contributed by atoms with van der Waals surface area (Å²) in [6, 6.07) is 1.54. The Hall–Kier alpha value is -2.31. The number of nitro benzene ring substituents is 1. The lowest BCUT2D eigenvalue weighted by atomic mass is 10.1. The van der Waals surface area contributed by atoms with E-state index >= 15 is 0 Å². The number of nitrogens with zero attached hydrogens (tertiary/aromatic N) is 1. The molecule has 0 amide bonds. The van der Waals surface area contributed by atoms with Crippen molar-refractivity contribution in [3.8, 4) is 0 Å². The Kier molecular flexibility index (Phi) is 3.29. The van der Waals surface area contributed by atoms with E-state index in [1.807, 2.05) is 0 Å². The van der Waals surface area contributed by atoms with E-state index in [0.717, 1.165) is 19.2 Å². The number of aldehydes is 1. The Morgan fingerprint density at radius 1 is 1.56 bits per heavy atom. The van der Waals surface area contributed by atoms with Crippen LogP contribution >= 0.6 is 0 Å². The minimum atomic E-state index is -1.13. The fourth-order valence-corrected chi connectivity index (χ4v) is 1.17. The minimum absolute atomic E-state index is 0.0363. The van der Waals surface area contributed by atoms with Crippen molar-refractivity contribution in [3.05, 3.63) is 39.2 Å². The Labute approximate surface area is 88.8 Å². The summed E-state index contributed by atoms with van der Waals surface area (Å²) in [6.45, 7) is 0. The number of carbonyl (C=O) groups excluding carboxylic acids is 2. The van der Waals surface area contributed by atoms with Gasteiger partial charge < -0.3 is 4.74 Å². The second-order valence-electron chi connectivity index (χ2n) is 2.72. The lowest BCUT2D eigenvalue weighted by Gasteiger charge is -2.04. The van der Waals surface area contributed by atoms with Crippen LogP contribution in [0, 0.1) is 15.9 Å². The third-order valence-corrected chi connectivity index (χ3v) is 1.87. The first-order chi connectivity index (χ1) is 7.52. The number of ether oxygens (including phenoxy) is 1. The molecule has 1 rings (SSSR count). The number of hydrogen-bond donors (Lipinski definition) is 0. The van der Waals surface area contributed by atoms with E-state index in [4.69, 9.17) is 0 Å². The number of rotatable bonds is 3. The fraction of sp³-hybridized carbons (Fsp3) is 0.111. The molecule has 0 heterocycles. The van der Waals surface area contributed by atoms with E-state index in [1.54, 1.807) is 0 Å². The summed E-state index contributed by atoms with van der Waals surface area (Å²) in [7, 11) is 0.978. The van der Waals surface area contributed by atoms with Crippen molar-refractivity contribution < 1.29 is 23.6 Å². The molecule has 6 nitrogen and oxygen atoms in total. The lowest BCUT2D eigenvalue weighted by molar-refractivity contribution is -0.385. The van der Waals surface area contributed by atoms with Gasteiger partial charge in [-0.3, -0.25) is 14.9 Å². The van der Waals surface area contributed by atoms with E-state index in [9.17, 15) is 24.1 Å². The molecule has 16 heavy (non-hydrogen) atoms. The van der Waals surface area contributed by atoms with Crippen LogP contribution in [0.1, 0.15) is 20.7 Å². The Balaban J connectivity index is 3.59. The van der Waals surface area contributed by atoms with Gasteiger partial charge in [0.25, 0.3) is 5.69 Å². The molecule has 0 aliphatic carbocycles. The summed E-state index contributed by atoms with van der Waals surface area (Å²) in [6.07, 6.45) is 0.0363. The first-order valence-electron chi connectivity index (χ1n) is 4.03. The first-order valence-corrected chi connectivity index (χ1v) is 4.03. The van der Waals surface area contributed by atoms with Gasteiger partial charge in [0.15, 0.2) is 11.8 Å². The van der Waals surface area contributed by atoms with E-state index in [-0.39, 0.29) is 6.29 Å². The molecule has 0 unspecified atom stereocenters. The third-order valence-electron chi connectivity index (χ3n) is 1.87. The highest BCUT2D eigenvalue weighted by atomic mass is 19.1. The summed E-state index contributed by atoms with van der Waals surface area (Å²) in [5.74, 6) is -2.14. The zero-order chi connectivity index (χ0) is 12.3. The molecule has 0 aromatic heterocycles. The summed E-state index contributed by atoms with van der Waals surface area (Å²) in [4.78, 5) is 31.5. The maximum atomic E-state index is 13.1. The number of hydrogen-bond acceptors (Lipinski definition) is 5. The van der Waals surface area contributed by atoms with Gasteiger partial charge in [-0.2, -0.15) is 0 Å². The van der Waals surface area contributed by atoms with Gasteiger partial charge in [-0.05, 0) is 6.07 Å². The molecule has 0 saturated heterocycles. The predicted octanol–water partition coefficient (Wildman–Crippen LogP) is 1.33. The number of esters is 1. The van der Waals surface area contributed by atoms with Crippen LogP contribution in [-0.2, 0) is 4.74 Å². The molecule has 0 bridgehead atoms. The van der Waals surface area contributed by atoms with Crippen LogP contribution in [0.15, 0.2) is 12.1 Å². The number of nitro groups is 1. The van der Waals surface area contributed by atoms with Gasteiger partial charge in [0.1, 0.15) is 5.82 Å². The van der Waals surface area contributed by atoms with Gasteiger partial charge in [0, 0.05) is 6.07 Å². The maximum absolute atomic E-state index is 13.1. The number of benzene rings is 1. The zero-order valence-electron chi connectivity index (χ0n) is 8.10. The minimum Gasteiger partial charge on any atom is -0.465 e. The Morgan fingerprint density at radius 2 is 2.19 bits per heavy atom. The lowest BCUT2D eigenvalue weighted by Crippen LogP contribution is -2.11. The molecule has 1 aromatic rings. The molecule has 0 saturated carbocycles. The molecule has 0 N–H and O–H groups in total. The molecule has 0 atom stereocenters. The van der Waals surface area contributed by atoms with Crippen molar-refractivity contribution in [1.29, 1.82) is 0 Å². The molecule has 0 spiro atoms. The van der Waals surface area contributed by atoms with Crippen LogP contribution in [-0.4, -0.2) is 24.3 Å². The van der Waals surface area contributed by atoms with Gasteiger partial charge in [-0.15, -0.1) is 0 Å². The largest absolute Gasteiger partial charge is 0.465 e. The van der Waals surface area contributed by atoms with Gasteiger partial charge in [-0.1, -0.05) is 0 Å². The van der Waals surface area contributed by atoms with Crippen LogP contribution in [0.4, 0.5) is 10.1 Å². The third kappa shape index (κ3) is 1.88. The standard InChI is InChI=1S/C9H6FNO5/c1-16-9(13)8-5(4-12)6(10)2-3-7(8)11(14)15/h2-4H,1H3. The molecular weight excluding hydrogens is 221 g/mol. The van der Waals surface area contributed by atoms with Crippen LogP contribution in [0.5, 0.6) is 0 Å². The quantitative estimate of drug-likeness (QED) is 0.336. The molecular formula is C9H6FNO5. The fourth-order valence-electron chi connectivity index (χ4n) is 1.17. The van der Waals surface area contributed by atoms with Crippen molar-refractivity contribution in [3.63, 3.8) is 0 Å². The van der Waals surface area contributed by atoms with E-state index in [2.05, 4.69) is 4.74 Å². The first kappa shape index (κ1) is 11.8. The van der Waals surface area contributed by atoms with Crippen LogP contribution in [0.3, 0.4) is 0 Å².